The highest BCUT2D eigenvalue weighted by Gasteiger charge is 2.52. The first-order chi connectivity index (χ1) is 9.99. The first-order valence-corrected chi connectivity index (χ1v) is 8.76. The topological polar surface area (TPSA) is 49.4 Å². The number of hydrogen-bond acceptors (Lipinski definition) is 3. The number of benzene rings is 1. The van der Waals surface area contributed by atoms with Gasteiger partial charge in [-0.15, -0.1) is 11.8 Å². The fourth-order valence-corrected chi connectivity index (χ4v) is 4.85. The van der Waals surface area contributed by atoms with Gasteiger partial charge in [-0.1, -0.05) is 28.1 Å². The molecule has 2 heterocycles. The third-order valence-corrected chi connectivity index (χ3v) is 6.10. The van der Waals surface area contributed by atoms with Crippen molar-refractivity contribution in [1.82, 2.24) is 10.2 Å². The fraction of sp³-hybridized carbons (Fsp3) is 0.467. The van der Waals surface area contributed by atoms with E-state index in [4.69, 9.17) is 0 Å². The van der Waals surface area contributed by atoms with Crippen molar-refractivity contribution in [2.45, 2.75) is 37.2 Å². The zero-order valence-electron chi connectivity index (χ0n) is 11.8. The first kappa shape index (κ1) is 14.9. The quantitative estimate of drug-likeness (QED) is 0.891. The summed E-state index contributed by atoms with van der Waals surface area (Å²) in [5, 5.41) is 2.95. The van der Waals surface area contributed by atoms with Gasteiger partial charge in [-0.25, -0.2) is 0 Å². The van der Waals surface area contributed by atoms with Gasteiger partial charge >= 0.3 is 0 Å². The molecule has 6 heteroatoms. The number of rotatable bonds is 3. The van der Waals surface area contributed by atoms with Crippen LogP contribution in [0.2, 0.25) is 0 Å². The van der Waals surface area contributed by atoms with Crippen LogP contribution in [0.15, 0.2) is 28.7 Å². The van der Waals surface area contributed by atoms with Gasteiger partial charge in [-0.3, -0.25) is 9.59 Å². The minimum absolute atomic E-state index is 0.0542. The Morgan fingerprint density at radius 1 is 1.57 bits per heavy atom. The number of hydrogen-bond donors (Lipinski definition) is 1. The van der Waals surface area contributed by atoms with E-state index in [-0.39, 0.29) is 22.7 Å². The molecule has 2 aliphatic rings. The van der Waals surface area contributed by atoms with Gasteiger partial charge in [0.25, 0.3) is 0 Å². The summed E-state index contributed by atoms with van der Waals surface area (Å²) in [6.07, 6.45) is 1.39. The average molecular weight is 369 g/mol. The summed E-state index contributed by atoms with van der Waals surface area (Å²) in [7, 11) is 0. The highest BCUT2D eigenvalue weighted by atomic mass is 79.9. The van der Waals surface area contributed by atoms with Gasteiger partial charge in [0, 0.05) is 23.2 Å². The van der Waals surface area contributed by atoms with Crippen LogP contribution in [0.5, 0.6) is 0 Å². The Balaban J connectivity index is 1.65. The lowest BCUT2D eigenvalue weighted by molar-refractivity contribution is -0.138. The minimum atomic E-state index is -0.331. The first-order valence-electron chi connectivity index (χ1n) is 6.98. The third kappa shape index (κ3) is 2.83. The monoisotopic (exact) mass is 368 g/mol. The van der Waals surface area contributed by atoms with E-state index >= 15 is 0 Å². The van der Waals surface area contributed by atoms with E-state index in [0.29, 0.717) is 18.7 Å². The Morgan fingerprint density at radius 2 is 2.38 bits per heavy atom. The molecule has 0 bridgehead atoms. The number of carbonyl (C=O) groups is 2. The molecule has 0 saturated carbocycles. The molecule has 1 N–H and O–H groups in total. The van der Waals surface area contributed by atoms with Crippen LogP contribution < -0.4 is 5.32 Å². The van der Waals surface area contributed by atoms with Gasteiger partial charge < -0.3 is 10.2 Å². The van der Waals surface area contributed by atoms with Crippen LogP contribution in [0.3, 0.4) is 0 Å². The molecule has 112 valence electrons. The van der Waals surface area contributed by atoms with E-state index in [1.54, 1.807) is 16.7 Å². The molecule has 0 aliphatic carbocycles. The number of thioether (sulfide) groups is 1. The number of carbonyl (C=O) groups excluding carboxylic acids is 2. The zero-order chi connectivity index (χ0) is 15.0. The normalized spacial score (nSPS) is 27.8. The lowest BCUT2D eigenvalue weighted by atomic mass is 10.2. The molecular formula is C15H17BrN2O2S. The summed E-state index contributed by atoms with van der Waals surface area (Å²) in [4.78, 5) is 26.0. The highest BCUT2D eigenvalue weighted by Crippen LogP contribution is 2.47. The number of nitrogens with one attached hydrogen (secondary N) is 1. The zero-order valence-corrected chi connectivity index (χ0v) is 14.2. The molecular weight excluding hydrogens is 352 g/mol. The Labute approximate surface area is 136 Å². The van der Waals surface area contributed by atoms with Crippen LogP contribution in [0.4, 0.5) is 0 Å². The van der Waals surface area contributed by atoms with Crippen molar-refractivity contribution in [1.29, 1.82) is 0 Å². The fourth-order valence-electron chi connectivity index (χ4n) is 2.97. The van der Waals surface area contributed by atoms with Crippen LogP contribution in [0.25, 0.3) is 0 Å². The van der Waals surface area contributed by atoms with E-state index in [0.717, 1.165) is 16.5 Å². The molecule has 2 fully saturated rings. The lowest BCUT2D eigenvalue weighted by Gasteiger charge is -2.29. The summed E-state index contributed by atoms with van der Waals surface area (Å²) in [5.41, 5.74) is 1.04. The molecule has 4 nitrogen and oxygen atoms in total. The van der Waals surface area contributed by atoms with E-state index in [9.17, 15) is 9.59 Å². The van der Waals surface area contributed by atoms with Crippen molar-refractivity contribution in [3.05, 3.63) is 34.3 Å². The number of nitrogens with zero attached hydrogens (tertiary/aromatic N) is 1. The van der Waals surface area contributed by atoms with Crippen molar-refractivity contribution in [3.63, 3.8) is 0 Å². The second-order valence-corrected chi connectivity index (χ2v) is 8.03. The summed E-state index contributed by atoms with van der Waals surface area (Å²) in [5.74, 6) is 0.735. The summed E-state index contributed by atoms with van der Waals surface area (Å²) in [6.45, 7) is 2.54. The standard InChI is InChI=1S/C15H17BrN2O2S/c1-15-6-5-13(19)18(15)12(9-21-15)14(20)17-8-10-3-2-4-11(16)7-10/h2-4,7,12H,5-6,8-9H2,1H3,(H,17,20). The van der Waals surface area contributed by atoms with Crippen molar-refractivity contribution < 1.29 is 9.59 Å². The number of halogens is 1. The smallest absolute Gasteiger partial charge is 0.243 e. The molecule has 2 aliphatic heterocycles. The number of amides is 2. The molecule has 1 aromatic rings. The molecule has 0 aromatic heterocycles. The Kier molecular flexibility index (Phi) is 4.01. The molecule has 21 heavy (non-hydrogen) atoms. The predicted molar refractivity (Wildman–Crippen MR) is 86.7 cm³/mol. The lowest BCUT2D eigenvalue weighted by Crippen LogP contribution is -2.49. The van der Waals surface area contributed by atoms with E-state index in [1.165, 1.54) is 0 Å². The molecule has 2 saturated heterocycles. The van der Waals surface area contributed by atoms with Crippen molar-refractivity contribution in [3.8, 4) is 0 Å². The maximum atomic E-state index is 12.4. The van der Waals surface area contributed by atoms with Crippen LogP contribution in [0.1, 0.15) is 25.3 Å². The van der Waals surface area contributed by atoms with Crippen LogP contribution in [0, 0.1) is 0 Å². The number of fused-ring (bicyclic) bond motifs is 1. The highest BCUT2D eigenvalue weighted by molar-refractivity contribution is 9.10. The van der Waals surface area contributed by atoms with Crippen molar-refractivity contribution >= 4 is 39.5 Å². The average Bonchev–Trinajstić information content (AvgIpc) is 2.94. The molecule has 2 atom stereocenters. The third-order valence-electron chi connectivity index (χ3n) is 4.10. The summed E-state index contributed by atoms with van der Waals surface area (Å²) >= 11 is 5.13. The second-order valence-electron chi connectivity index (χ2n) is 5.61. The van der Waals surface area contributed by atoms with Gasteiger partial charge in [0.05, 0.1) is 4.87 Å². The molecule has 3 rings (SSSR count). The van der Waals surface area contributed by atoms with Crippen molar-refractivity contribution in [2.75, 3.05) is 5.75 Å². The van der Waals surface area contributed by atoms with Gasteiger partial charge in [0.1, 0.15) is 6.04 Å². The van der Waals surface area contributed by atoms with Gasteiger partial charge in [-0.05, 0) is 31.0 Å². The SMILES string of the molecule is CC12CCC(=O)N1C(C(=O)NCc1cccc(Br)c1)CS2. The molecule has 2 amide bonds. The Hall–Kier alpha value is -1.01. The maximum absolute atomic E-state index is 12.4. The van der Waals surface area contributed by atoms with Crippen LogP contribution in [-0.2, 0) is 16.1 Å². The second kappa shape index (κ2) is 5.65. The van der Waals surface area contributed by atoms with Crippen molar-refractivity contribution in [2.24, 2.45) is 0 Å². The van der Waals surface area contributed by atoms with Gasteiger partial charge in [-0.2, -0.15) is 0 Å². The molecule has 1 aromatic carbocycles. The van der Waals surface area contributed by atoms with E-state index in [1.807, 2.05) is 24.3 Å². The maximum Gasteiger partial charge on any atom is 0.243 e. The summed E-state index contributed by atoms with van der Waals surface area (Å²) < 4.78 is 0.993. The van der Waals surface area contributed by atoms with Crippen LogP contribution >= 0.6 is 27.7 Å². The Morgan fingerprint density at radius 3 is 3.14 bits per heavy atom. The van der Waals surface area contributed by atoms with Gasteiger partial charge in [0.2, 0.25) is 11.8 Å². The van der Waals surface area contributed by atoms with E-state index in [2.05, 4.69) is 28.2 Å². The molecule has 2 unspecified atom stereocenters. The van der Waals surface area contributed by atoms with E-state index < -0.39 is 0 Å². The predicted octanol–water partition coefficient (Wildman–Crippen LogP) is 2.52. The summed E-state index contributed by atoms with van der Waals surface area (Å²) in [6, 6.07) is 7.52. The molecule has 0 spiro atoms. The van der Waals surface area contributed by atoms with Gasteiger partial charge in [0.15, 0.2) is 0 Å². The van der Waals surface area contributed by atoms with Crippen LogP contribution in [-0.4, -0.2) is 33.4 Å². The molecule has 0 radical (unpaired) electrons. The Bertz CT molecular complexity index is 595. The largest absolute Gasteiger partial charge is 0.350 e. The minimum Gasteiger partial charge on any atom is -0.350 e.